The second kappa shape index (κ2) is 7.58. The lowest BCUT2D eigenvalue weighted by Crippen LogP contribution is -2.36. The fourth-order valence-electron chi connectivity index (χ4n) is 1.76. The first-order valence-electron chi connectivity index (χ1n) is 6.41. The maximum atomic E-state index is 12.1. The summed E-state index contributed by atoms with van der Waals surface area (Å²) < 4.78 is 5.13. The van der Waals surface area contributed by atoms with Gasteiger partial charge in [-0.05, 0) is 25.0 Å². The van der Waals surface area contributed by atoms with Gasteiger partial charge in [-0.25, -0.2) is 4.79 Å². The van der Waals surface area contributed by atoms with Crippen LogP contribution in [0.1, 0.15) is 26.7 Å². The summed E-state index contributed by atoms with van der Waals surface area (Å²) in [7, 11) is 1.61. The lowest BCUT2D eigenvalue weighted by Gasteiger charge is -2.22. The van der Waals surface area contributed by atoms with Gasteiger partial charge in [-0.1, -0.05) is 19.9 Å². The molecule has 1 aromatic rings. The summed E-state index contributed by atoms with van der Waals surface area (Å²) in [5.74, 6) is 0.741. The third kappa shape index (κ3) is 4.28. The number of methoxy groups -OCH3 is 1. The minimum absolute atomic E-state index is 0.0491. The van der Waals surface area contributed by atoms with Crippen molar-refractivity contribution >= 4 is 11.7 Å². The second-order valence-corrected chi connectivity index (χ2v) is 4.15. The number of hydrogen-bond donors (Lipinski definition) is 1. The van der Waals surface area contributed by atoms with E-state index >= 15 is 0 Å². The van der Waals surface area contributed by atoms with E-state index in [0.717, 1.165) is 37.4 Å². The molecule has 100 valence electrons. The van der Waals surface area contributed by atoms with Crippen molar-refractivity contribution in [3.63, 3.8) is 0 Å². The standard InChI is InChI=1S/C14H22N2O2/c1-4-9-16(10-5-2)14(17)15-12-7-6-8-13(11-12)18-3/h6-8,11H,4-5,9-10H2,1-3H3,(H,15,17). The van der Waals surface area contributed by atoms with E-state index in [0.29, 0.717) is 0 Å². The van der Waals surface area contributed by atoms with E-state index in [1.807, 2.05) is 29.2 Å². The third-order valence-corrected chi connectivity index (χ3v) is 2.60. The molecular formula is C14H22N2O2. The summed E-state index contributed by atoms with van der Waals surface area (Å²) in [6.45, 7) is 5.70. The van der Waals surface area contributed by atoms with Crippen LogP contribution in [0.25, 0.3) is 0 Å². The molecule has 0 fully saturated rings. The van der Waals surface area contributed by atoms with Gasteiger partial charge in [-0.15, -0.1) is 0 Å². The highest BCUT2D eigenvalue weighted by molar-refractivity contribution is 5.89. The number of amides is 2. The number of rotatable bonds is 6. The van der Waals surface area contributed by atoms with Gasteiger partial charge in [0.15, 0.2) is 0 Å². The highest BCUT2D eigenvalue weighted by Gasteiger charge is 2.11. The van der Waals surface area contributed by atoms with Crippen LogP contribution in [-0.2, 0) is 0 Å². The van der Waals surface area contributed by atoms with Crippen LogP contribution in [0.3, 0.4) is 0 Å². The fourth-order valence-corrected chi connectivity index (χ4v) is 1.76. The third-order valence-electron chi connectivity index (χ3n) is 2.60. The van der Waals surface area contributed by atoms with Crippen molar-refractivity contribution in [1.29, 1.82) is 0 Å². The topological polar surface area (TPSA) is 41.6 Å². The quantitative estimate of drug-likeness (QED) is 0.841. The van der Waals surface area contributed by atoms with Gasteiger partial charge in [0.25, 0.3) is 0 Å². The SMILES string of the molecule is CCCN(CCC)C(=O)Nc1cccc(OC)c1. The first-order chi connectivity index (χ1) is 8.71. The average molecular weight is 250 g/mol. The highest BCUT2D eigenvalue weighted by Crippen LogP contribution is 2.17. The maximum absolute atomic E-state index is 12.1. The maximum Gasteiger partial charge on any atom is 0.321 e. The molecular weight excluding hydrogens is 228 g/mol. The average Bonchev–Trinajstić information content (AvgIpc) is 2.38. The minimum atomic E-state index is -0.0491. The molecule has 1 N–H and O–H groups in total. The zero-order chi connectivity index (χ0) is 13.4. The lowest BCUT2D eigenvalue weighted by atomic mass is 10.3. The zero-order valence-corrected chi connectivity index (χ0v) is 11.4. The molecule has 0 aliphatic rings. The number of nitrogens with zero attached hydrogens (tertiary/aromatic N) is 1. The normalized spacial score (nSPS) is 9.94. The van der Waals surface area contributed by atoms with E-state index in [-0.39, 0.29) is 6.03 Å². The number of anilines is 1. The number of urea groups is 1. The molecule has 0 saturated heterocycles. The van der Waals surface area contributed by atoms with Crippen LogP contribution in [0, 0.1) is 0 Å². The number of hydrogen-bond acceptors (Lipinski definition) is 2. The van der Waals surface area contributed by atoms with E-state index in [1.165, 1.54) is 0 Å². The minimum Gasteiger partial charge on any atom is -0.497 e. The number of benzene rings is 1. The molecule has 0 heterocycles. The summed E-state index contributed by atoms with van der Waals surface area (Å²) in [6.07, 6.45) is 1.93. The smallest absolute Gasteiger partial charge is 0.321 e. The highest BCUT2D eigenvalue weighted by atomic mass is 16.5. The Bertz CT molecular complexity index is 374. The Morgan fingerprint density at radius 2 is 1.94 bits per heavy atom. The molecule has 0 aromatic heterocycles. The molecule has 0 radical (unpaired) electrons. The Morgan fingerprint density at radius 3 is 2.50 bits per heavy atom. The van der Waals surface area contributed by atoms with E-state index in [9.17, 15) is 4.79 Å². The zero-order valence-electron chi connectivity index (χ0n) is 11.4. The van der Waals surface area contributed by atoms with Crippen LogP contribution < -0.4 is 10.1 Å². The largest absolute Gasteiger partial charge is 0.497 e. The van der Waals surface area contributed by atoms with E-state index in [2.05, 4.69) is 19.2 Å². The molecule has 0 unspecified atom stereocenters. The molecule has 0 spiro atoms. The Hall–Kier alpha value is -1.71. The van der Waals surface area contributed by atoms with E-state index in [1.54, 1.807) is 7.11 Å². The van der Waals surface area contributed by atoms with Crippen molar-refractivity contribution in [2.24, 2.45) is 0 Å². The van der Waals surface area contributed by atoms with Gasteiger partial charge in [0.05, 0.1) is 7.11 Å². The summed E-state index contributed by atoms with van der Waals surface area (Å²) in [5, 5.41) is 2.89. The van der Waals surface area contributed by atoms with Gasteiger partial charge in [0, 0.05) is 24.8 Å². The number of carbonyl (C=O) groups is 1. The molecule has 2 amide bonds. The van der Waals surface area contributed by atoms with Crippen LogP contribution in [0.4, 0.5) is 10.5 Å². The molecule has 4 nitrogen and oxygen atoms in total. The fraction of sp³-hybridized carbons (Fsp3) is 0.500. The first-order valence-corrected chi connectivity index (χ1v) is 6.41. The van der Waals surface area contributed by atoms with Gasteiger partial charge < -0.3 is 15.0 Å². The summed E-state index contributed by atoms with van der Waals surface area (Å²) in [4.78, 5) is 13.9. The Kier molecular flexibility index (Phi) is 6.05. The van der Waals surface area contributed by atoms with Crippen LogP contribution >= 0.6 is 0 Å². The molecule has 4 heteroatoms. The number of nitrogens with one attached hydrogen (secondary N) is 1. The lowest BCUT2D eigenvalue weighted by molar-refractivity contribution is 0.211. The van der Waals surface area contributed by atoms with Crippen LogP contribution in [-0.4, -0.2) is 31.1 Å². The van der Waals surface area contributed by atoms with Crippen molar-refractivity contribution in [3.05, 3.63) is 24.3 Å². The van der Waals surface area contributed by atoms with Crippen molar-refractivity contribution in [2.75, 3.05) is 25.5 Å². The Labute approximate surface area is 109 Å². The molecule has 18 heavy (non-hydrogen) atoms. The number of carbonyl (C=O) groups excluding carboxylic acids is 1. The van der Waals surface area contributed by atoms with E-state index in [4.69, 9.17) is 4.74 Å². The van der Waals surface area contributed by atoms with Gasteiger partial charge in [-0.2, -0.15) is 0 Å². The molecule has 0 aliphatic heterocycles. The molecule has 1 rings (SSSR count). The Morgan fingerprint density at radius 1 is 1.28 bits per heavy atom. The van der Waals surface area contributed by atoms with Gasteiger partial charge in [0.2, 0.25) is 0 Å². The van der Waals surface area contributed by atoms with Crippen molar-refractivity contribution in [3.8, 4) is 5.75 Å². The van der Waals surface area contributed by atoms with Gasteiger partial charge in [0.1, 0.15) is 5.75 Å². The predicted molar refractivity (Wildman–Crippen MR) is 74.2 cm³/mol. The molecule has 0 saturated carbocycles. The summed E-state index contributed by atoms with van der Waals surface area (Å²) >= 11 is 0. The van der Waals surface area contributed by atoms with Crippen molar-refractivity contribution in [2.45, 2.75) is 26.7 Å². The molecule has 1 aromatic carbocycles. The first kappa shape index (κ1) is 14.4. The van der Waals surface area contributed by atoms with Gasteiger partial charge >= 0.3 is 6.03 Å². The van der Waals surface area contributed by atoms with Gasteiger partial charge in [-0.3, -0.25) is 0 Å². The molecule has 0 aliphatic carbocycles. The number of ether oxygens (including phenoxy) is 1. The monoisotopic (exact) mass is 250 g/mol. The van der Waals surface area contributed by atoms with E-state index < -0.39 is 0 Å². The molecule has 0 atom stereocenters. The summed E-state index contributed by atoms with van der Waals surface area (Å²) in [6, 6.07) is 7.33. The van der Waals surface area contributed by atoms with Crippen molar-refractivity contribution < 1.29 is 9.53 Å². The van der Waals surface area contributed by atoms with Crippen molar-refractivity contribution in [1.82, 2.24) is 4.90 Å². The van der Waals surface area contributed by atoms with Crippen LogP contribution in [0.2, 0.25) is 0 Å². The summed E-state index contributed by atoms with van der Waals surface area (Å²) in [5.41, 5.74) is 0.761. The predicted octanol–water partition coefficient (Wildman–Crippen LogP) is 3.35. The second-order valence-electron chi connectivity index (χ2n) is 4.15. The molecule has 0 bridgehead atoms. The van der Waals surface area contributed by atoms with Crippen LogP contribution in [0.5, 0.6) is 5.75 Å². The Balaban J connectivity index is 2.66. The van der Waals surface area contributed by atoms with Crippen LogP contribution in [0.15, 0.2) is 24.3 Å².